The molecule has 3 aliphatic heterocycles. The maximum atomic E-state index is 13.5. The molecule has 1 amide bonds. The van der Waals surface area contributed by atoms with E-state index in [1.54, 1.807) is 44.3 Å². The lowest BCUT2D eigenvalue weighted by Gasteiger charge is -2.39. The van der Waals surface area contributed by atoms with E-state index >= 15 is 0 Å². The number of nitriles is 1. The van der Waals surface area contributed by atoms with E-state index in [4.69, 9.17) is 14.2 Å². The monoisotopic (exact) mass is 702 g/mol. The number of piperazine rings is 1. The second-order valence-electron chi connectivity index (χ2n) is 14.5. The highest BCUT2D eigenvalue weighted by Gasteiger charge is 2.36. The smallest absolute Gasteiger partial charge is 0.264 e. The molecule has 4 aromatic rings. The van der Waals surface area contributed by atoms with Crippen molar-refractivity contribution in [3.8, 4) is 28.7 Å². The van der Waals surface area contributed by atoms with Crippen LogP contribution in [0.3, 0.4) is 0 Å². The van der Waals surface area contributed by atoms with Gasteiger partial charge in [-0.25, -0.2) is 0 Å². The SMILES string of the molecule is COc1cc(-c2cn(C)c(=O)c3cnccc23)cc(OC)c1CN1CCN(Cc2cccc3c2CCN(C(=O)/C(C#N)=C/C2(C)COC2)C3C)CC1. The zero-order valence-electron chi connectivity index (χ0n) is 30.6. The second kappa shape index (κ2) is 14.5. The minimum atomic E-state index is -0.253. The minimum absolute atomic E-state index is 0.0880. The highest BCUT2D eigenvalue weighted by molar-refractivity contribution is 5.98. The number of methoxy groups -OCH3 is 2. The van der Waals surface area contributed by atoms with Gasteiger partial charge in [0.15, 0.2) is 0 Å². The maximum Gasteiger partial charge on any atom is 0.264 e. The van der Waals surface area contributed by atoms with E-state index in [-0.39, 0.29) is 28.5 Å². The van der Waals surface area contributed by atoms with Crippen molar-refractivity contribution in [2.45, 2.75) is 39.4 Å². The summed E-state index contributed by atoms with van der Waals surface area (Å²) in [4.78, 5) is 37.3. The summed E-state index contributed by atoms with van der Waals surface area (Å²) in [5.74, 6) is 1.29. The Kier molecular flexibility index (Phi) is 9.90. The molecule has 0 radical (unpaired) electrons. The van der Waals surface area contributed by atoms with Crippen molar-refractivity contribution in [2.75, 3.05) is 60.2 Å². The molecule has 1 unspecified atom stereocenters. The molecule has 0 bridgehead atoms. The van der Waals surface area contributed by atoms with Gasteiger partial charge >= 0.3 is 0 Å². The Morgan fingerprint density at radius 2 is 1.73 bits per heavy atom. The van der Waals surface area contributed by atoms with Gasteiger partial charge in [0.25, 0.3) is 11.5 Å². The minimum Gasteiger partial charge on any atom is -0.496 e. The molecule has 7 rings (SSSR count). The van der Waals surface area contributed by atoms with Gasteiger partial charge in [-0.05, 0) is 59.2 Å². The first kappa shape index (κ1) is 35.4. The third-order valence-electron chi connectivity index (χ3n) is 10.9. The number of pyridine rings is 2. The van der Waals surface area contributed by atoms with E-state index in [1.165, 1.54) is 11.1 Å². The Hall–Kier alpha value is -5.02. The van der Waals surface area contributed by atoms with Gasteiger partial charge in [0.05, 0.1) is 44.4 Å². The number of nitrogens with zero attached hydrogens (tertiary/aromatic N) is 6. The molecule has 3 aliphatic rings. The van der Waals surface area contributed by atoms with Crippen molar-refractivity contribution in [3.63, 3.8) is 0 Å². The molecule has 0 spiro atoms. The van der Waals surface area contributed by atoms with Crippen LogP contribution < -0.4 is 15.0 Å². The molecule has 11 heteroatoms. The van der Waals surface area contributed by atoms with Crippen LogP contribution >= 0.6 is 0 Å². The molecule has 52 heavy (non-hydrogen) atoms. The first-order valence-electron chi connectivity index (χ1n) is 17.9. The molecular weight excluding hydrogens is 656 g/mol. The lowest BCUT2D eigenvalue weighted by molar-refractivity contribution is -0.129. The van der Waals surface area contributed by atoms with E-state index in [9.17, 15) is 14.9 Å². The lowest BCUT2D eigenvalue weighted by Crippen LogP contribution is -2.46. The first-order valence-corrected chi connectivity index (χ1v) is 17.9. The van der Waals surface area contributed by atoms with Gasteiger partial charge in [0, 0.05) is 82.4 Å². The summed E-state index contributed by atoms with van der Waals surface area (Å²) in [5.41, 5.74) is 6.46. The van der Waals surface area contributed by atoms with E-state index in [0.29, 0.717) is 31.7 Å². The number of rotatable bonds is 9. The zero-order valence-corrected chi connectivity index (χ0v) is 30.6. The third kappa shape index (κ3) is 6.70. The molecule has 11 nitrogen and oxygen atoms in total. The summed E-state index contributed by atoms with van der Waals surface area (Å²) in [7, 11) is 5.12. The summed E-state index contributed by atoms with van der Waals surface area (Å²) in [6.07, 6.45) is 7.74. The van der Waals surface area contributed by atoms with Crippen LogP contribution in [0, 0.1) is 16.7 Å². The lowest BCUT2D eigenvalue weighted by atomic mass is 9.85. The Bertz CT molecular complexity index is 2110. The van der Waals surface area contributed by atoms with E-state index < -0.39 is 0 Å². The fourth-order valence-corrected chi connectivity index (χ4v) is 7.93. The number of aromatic nitrogens is 2. The predicted octanol–water partition coefficient (Wildman–Crippen LogP) is 4.87. The molecule has 270 valence electrons. The average Bonchev–Trinajstić information content (AvgIpc) is 3.15. The second-order valence-corrected chi connectivity index (χ2v) is 14.5. The van der Waals surface area contributed by atoms with Crippen LogP contribution in [-0.2, 0) is 36.1 Å². The van der Waals surface area contributed by atoms with E-state index in [1.807, 2.05) is 36.2 Å². The topological polar surface area (TPSA) is 113 Å². The molecular formula is C41H46N6O5. The van der Waals surface area contributed by atoms with Crippen LogP contribution in [0.1, 0.15) is 42.1 Å². The quantitative estimate of drug-likeness (QED) is 0.178. The number of hydrogen-bond acceptors (Lipinski definition) is 9. The van der Waals surface area contributed by atoms with Crippen LogP contribution in [-0.4, -0.2) is 90.3 Å². The van der Waals surface area contributed by atoms with Gasteiger partial charge in [-0.2, -0.15) is 5.26 Å². The van der Waals surface area contributed by atoms with Gasteiger partial charge in [-0.1, -0.05) is 31.2 Å². The Labute approximate surface area is 304 Å². The molecule has 0 saturated carbocycles. The molecule has 2 aromatic heterocycles. The highest BCUT2D eigenvalue weighted by atomic mass is 16.5. The number of benzene rings is 2. The number of ether oxygens (including phenoxy) is 3. The zero-order chi connectivity index (χ0) is 36.6. The van der Waals surface area contributed by atoms with Crippen molar-refractivity contribution in [3.05, 3.63) is 99.2 Å². The number of carbonyl (C=O) groups excluding carboxylic acids is 1. The van der Waals surface area contributed by atoms with Crippen LogP contribution in [0.25, 0.3) is 21.9 Å². The standard InChI is InChI=1S/C41H46N6O5/c1-27-31-8-6-7-28(32(31)10-12-47(27)39(48)30(20-42)19-41(2)25-52-26-41)22-45-13-15-46(16-14-45)24-36-37(50-4)17-29(18-38(36)51-5)35-23-44(3)40(49)34-21-43-11-9-33(34)35/h6-9,11,17-19,21,23,27H,10,12-16,22,24-26H2,1-5H3/b30-19+. The summed E-state index contributed by atoms with van der Waals surface area (Å²) in [6, 6.07) is 14.4. The predicted molar refractivity (Wildman–Crippen MR) is 199 cm³/mol. The molecule has 5 heterocycles. The van der Waals surface area contributed by atoms with Crippen LogP contribution in [0.15, 0.2) is 71.4 Å². The fraction of sp³-hybridized carbons (Fsp3) is 0.415. The Morgan fingerprint density at radius 3 is 2.37 bits per heavy atom. The van der Waals surface area contributed by atoms with Crippen molar-refractivity contribution >= 4 is 16.7 Å². The van der Waals surface area contributed by atoms with Crippen LogP contribution in [0.5, 0.6) is 11.5 Å². The number of carbonyl (C=O) groups is 1. The molecule has 2 fully saturated rings. The molecule has 1 atom stereocenters. The van der Waals surface area contributed by atoms with Gasteiger partial charge < -0.3 is 23.7 Å². The largest absolute Gasteiger partial charge is 0.496 e. The summed E-state index contributed by atoms with van der Waals surface area (Å²) < 4.78 is 18.8. The van der Waals surface area contributed by atoms with Gasteiger partial charge in [-0.3, -0.25) is 24.4 Å². The number of aryl methyl sites for hydroxylation is 1. The van der Waals surface area contributed by atoms with Gasteiger partial charge in [0.2, 0.25) is 0 Å². The van der Waals surface area contributed by atoms with Crippen molar-refractivity contribution in [1.29, 1.82) is 5.26 Å². The Morgan fingerprint density at radius 1 is 1.04 bits per heavy atom. The average molecular weight is 703 g/mol. The molecule has 2 saturated heterocycles. The van der Waals surface area contributed by atoms with E-state index in [2.05, 4.69) is 46.0 Å². The summed E-state index contributed by atoms with van der Waals surface area (Å²) in [5, 5.41) is 11.2. The maximum absolute atomic E-state index is 13.5. The molecule has 0 N–H and O–H groups in total. The van der Waals surface area contributed by atoms with Crippen LogP contribution in [0.2, 0.25) is 0 Å². The summed E-state index contributed by atoms with van der Waals surface area (Å²) in [6.45, 7) is 10.9. The van der Waals surface area contributed by atoms with Crippen LogP contribution in [0.4, 0.5) is 0 Å². The normalized spacial score (nSPS) is 19.1. The molecule has 2 aromatic carbocycles. The van der Waals surface area contributed by atoms with Gasteiger partial charge in [0.1, 0.15) is 23.1 Å². The van der Waals surface area contributed by atoms with Crippen molar-refractivity contribution in [1.82, 2.24) is 24.3 Å². The number of amides is 1. The first-order chi connectivity index (χ1) is 25.1. The highest BCUT2D eigenvalue weighted by Crippen LogP contribution is 2.39. The van der Waals surface area contributed by atoms with Gasteiger partial charge in [-0.15, -0.1) is 0 Å². The van der Waals surface area contributed by atoms with E-state index in [0.717, 1.165) is 78.3 Å². The van der Waals surface area contributed by atoms with Crippen molar-refractivity contribution in [2.24, 2.45) is 12.5 Å². The van der Waals surface area contributed by atoms with Crippen molar-refractivity contribution < 1.29 is 19.0 Å². The summed E-state index contributed by atoms with van der Waals surface area (Å²) >= 11 is 0. The Balaban J connectivity index is 1.03. The fourth-order valence-electron chi connectivity index (χ4n) is 7.93. The number of hydrogen-bond donors (Lipinski definition) is 0. The molecule has 0 aliphatic carbocycles. The number of fused-ring (bicyclic) bond motifs is 2. The third-order valence-corrected chi connectivity index (χ3v) is 10.9.